The molecule has 0 heterocycles. The molecule has 3 heteroatoms. The Morgan fingerprint density at radius 2 is 2.31 bits per heavy atom. The highest BCUT2D eigenvalue weighted by atomic mass is 19.1. The fraction of sp³-hybridized carbons (Fsp3) is 0.538. The number of aliphatic hydroxyl groups is 1. The van der Waals surface area contributed by atoms with E-state index >= 15 is 0 Å². The van der Waals surface area contributed by atoms with Crippen molar-refractivity contribution in [1.82, 2.24) is 5.32 Å². The summed E-state index contributed by atoms with van der Waals surface area (Å²) in [4.78, 5) is 0. The van der Waals surface area contributed by atoms with Crippen molar-refractivity contribution >= 4 is 0 Å². The molecule has 2 N–H and O–H groups in total. The van der Waals surface area contributed by atoms with E-state index in [0.29, 0.717) is 12.5 Å². The Morgan fingerprint density at radius 1 is 1.56 bits per heavy atom. The Kier molecular flexibility index (Phi) is 3.26. The number of halogens is 1. The molecule has 0 saturated heterocycles. The third-order valence-corrected chi connectivity index (χ3v) is 3.19. The number of hydrogen-bond donors (Lipinski definition) is 2. The summed E-state index contributed by atoms with van der Waals surface area (Å²) in [5.74, 6) is 0.271. The Morgan fingerprint density at radius 3 is 3.00 bits per heavy atom. The molecule has 1 aliphatic carbocycles. The van der Waals surface area contributed by atoms with Crippen molar-refractivity contribution in [2.24, 2.45) is 5.92 Å². The summed E-state index contributed by atoms with van der Waals surface area (Å²) < 4.78 is 13.2. The van der Waals surface area contributed by atoms with Gasteiger partial charge in [0.2, 0.25) is 0 Å². The van der Waals surface area contributed by atoms with Crippen LogP contribution < -0.4 is 5.32 Å². The van der Waals surface area contributed by atoms with E-state index in [9.17, 15) is 9.50 Å². The Labute approximate surface area is 95.5 Å². The number of rotatable bonds is 3. The van der Waals surface area contributed by atoms with Gasteiger partial charge in [-0.15, -0.1) is 0 Å². The number of fused-ring (bicyclic) bond motifs is 1. The fourth-order valence-corrected chi connectivity index (χ4v) is 2.42. The quantitative estimate of drug-likeness (QED) is 0.821. The van der Waals surface area contributed by atoms with Gasteiger partial charge in [0.1, 0.15) is 5.82 Å². The van der Waals surface area contributed by atoms with Gasteiger partial charge in [0.25, 0.3) is 0 Å². The maximum absolute atomic E-state index is 13.2. The SMILES string of the molecule is CC(O)CNC1c2cc(F)ccc2CC1C. The van der Waals surface area contributed by atoms with E-state index in [1.165, 1.54) is 11.6 Å². The first-order chi connectivity index (χ1) is 7.58. The maximum Gasteiger partial charge on any atom is 0.123 e. The topological polar surface area (TPSA) is 32.3 Å². The maximum atomic E-state index is 13.2. The first-order valence-electron chi connectivity index (χ1n) is 5.77. The van der Waals surface area contributed by atoms with Crippen molar-refractivity contribution in [1.29, 1.82) is 0 Å². The van der Waals surface area contributed by atoms with Crippen molar-refractivity contribution in [3.8, 4) is 0 Å². The molecule has 2 rings (SSSR count). The number of aliphatic hydroxyl groups excluding tert-OH is 1. The molecule has 0 bridgehead atoms. The zero-order chi connectivity index (χ0) is 11.7. The van der Waals surface area contributed by atoms with Crippen LogP contribution in [-0.2, 0) is 6.42 Å². The van der Waals surface area contributed by atoms with Crippen LogP contribution in [0.2, 0.25) is 0 Å². The molecule has 2 nitrogen and oxygen atoms in total. The summed E-state index contributed by atoms with van der Waals surface area (Å²) in [5.41, 5.74) is 2.27. The summed E-state index contributed by atoms with van der Waals surface area (Å²) >= 11 is 0. The van der Waals surface area contributed by atoms with Gasteiger partial charge in [-0.25, -0.2) is 4.39 Å². The lowest BCUT2D eigenvalue weighted by Gasteiger charge is -2.19. The Bertz CT molecular complexity index is 378. The molecule has 0 fully saturated rings. The molecule has 88 valence electrons. The van der Waals surface area contributed by atoms with Crippen LogP contribution in [0.3, 0.4) is 0 Å². The molecule has 0 radical (unpaired) electrons. The van der Waals surface area contributed by atoms with E-state index in [1.54, 1.807) is 13.0 Å². The minimum absolute atomic E-state index is 0.167. The first kappa shape index (κ1) is 11.6. The summed E-state index contributed by atoms with van der Waals surface area (Å²) in [6.45, 7) is 4.45. The van der Waals surface area contributed by atoms with Crippen molar-refractivity contribution in [2.75, 3.05) is 6.54 Å². The van der Waals surface area contributed by atoms with Crippen LogP contribution in [0.1, 0.15) is 31.0 Å². The molecule has 0 spiro atoms. The normalized spacial score (nSPS) is 25.5. The van der Waals surface area contributed by atoms with Gasteiger partial charge in [-0.05, 0) is 42.5 Å². The number of nitrogens with one attached hydrogen (secondary N) is 1. The monoisotopic (exact) mass is 223 g/mol. The van der Waals surface area contributed by atoms with Gasteiger partial charge in [-0.3, -0.25) is 0 Å². The predicted octanol–water partition coefficient (Wildman–Crippen LogP) is 2.03. The Hall–Kier alpha value is -0.930. The molecule has 3 atom stereocenters. The van der Waals surface area contributed by atoms with Gasteiger partial charge in [-0.1, -0.05) is 13.0 Å². The molecule has 16 heavy (non-hydrogen) atoms. The van der Waals surface area contributed by atoms with E-state index in [2.05, 4.69) is 12.2 Å². The zero-order valence-corrected chi connectivity index (χ0v) is 9.70. The van der Waals surface area contributed by atoms with Crippen LogP contribution in [0.25, 0.3) is 0 Å². The summed E-state index contributed by atoms with van der Waals surface area (Å²) in [6.07, 6.45) is 0.609. The zero-order valence-electron chi connectivity index (χ0n) is 9.70. The summed E-state index contributed by atoms with van der Waals surface area (Å²) in [7, 11) is 0. The van der Waals surface area contributed by atoms with Gasteiger partial charge in [0.15, 0.2) is 0 Å². The first-order valence-corrected chi connectivity index (χ1v) is 5.77. The van der Waals surface area contributed by atoms with Crippen LogP contribution in [-0.4, -0.2) is 17.8 Å². The molecule has 0 aliphatic heterocycles. The minimum Gasteiger partial charge on any atom is -0.392 e. The van der Waals surface area contributed by atoms with Crippen molar-refractivity contribution in [3.63, 3.8) is 0 Å². The van der Waals surface area contributed by atoms with Crippen molar-refractivity contribution in [2.45, 2.75) is 32.4 Å². The molecular weight excluding hydrogens is 205 g/mol. The number of hydrogen-bond acceptors (Lipinski definition) is 2. The van der Waals surface area contributed by atoms with E-state index < -0.39 is 0 Å². The molecule has 3 unspecified atom stereocenters. The number of benzene rings is 1. The fourth-order valence-electron chi connectivity index (χ4n) is 2.42. The summed E-state index contributed by atoms with van der Waals surface area (Å²) in [6, 6.07) is 5.16. The lowest BCUT2D eigenvalue weighted by atomic mass is 10.0. The van der Waals surface area contributed by atoms with Crippen molar-refractivity contribution in [3.05, 3.63) is 35.1 Å². The lowest BCUT2D eigenvalue weighted by molar-refractivity contribution is 0.182. The van der Waals surface area contributed by atoms with Crippen molar-refractivity contribution < 1.29 is 9.50 Å². The second kappa shape index (κ2) is 4.52. The van der Waals surface area contributed by atoms with Crippen LogP contribution in [0.5, 0.6) is 0 Å². The molecule has 0 amide bonds. The smallest absolute Gasteiger partial charge is 0.123 e. The minimum atomic E-state index is -0.371. The molecule has 0 saturated carbocycles. The predicted molar refractivity (Wildman–Crippen MR) is 61.7 cm³/mol. The van der Waals surface area contributed by atoms with E-state index in [1.807, 2.05) is 6.07 Å². The average Bonchev–Trinajstić information content (AvgIpc) is 2.51. The van der Waals surface area contributed by atoms with Gasteiger partial charge >= 0.3 is 0 Å². The molecular formula is C13H18FNO. The van der Waals surface area contributed by atoms with Crippen LogP contribution in [0.15, 0.2) is 18.2 Å². The largest absolute Gasteiger partial charge is 0.392 e. The van der Waals surface area contributed by atoms with Gasteiger partial charge in [0, 0.05) is 12.6 Å². The molecule has 0 aromatic heterocycles. The molecule has 1 aliphatic rings. The third kappa shape index (κ3) is 2.25. The standard InChI is InChI=1S/C13H18FNO/c1-8-5-10-3-4-11(14)6-12(10)13(8)15-7-9(2)16/h3-4,6,8-9,13,15-16H,5,7H2,1-2H3. The van der Waals surface area contributed by atoms with Gasteiger partial charge < -0.3 is 10.4 Å². The lowest BCUT2D eigenvalue weighted by Crippen LogP contribution is -2.30. The Balaban J connectivity index is 2.18. The van der Waals surface area contributed by atoms with Crippen LogP contribution >= 0.6 is 0 Å². The van der Waals surface area contributed by atoms with E-state index in [4.69, 9.17) is 0 Å². The average molecular weight is 223 g/mol. The van der Waals surface area contributed by atoms with Gasteiger partial charge in [-0.2, -0.15) is 0 Å². The third-order valence-electron chi connectivity index (χ3n) is 3.19. The van der Waals surface area contributed by atoms with Crippen LogP contribution in [0.4, 0.5) is 4.39 Å². The highest BCUT2D eigenvalue weighted by Crippen LogP contribution is 2.36. The molecule has 1 aromatic carbocycles. The second-order valence-corrected chi connectivity index (χ2v) is 4.76. The van der Waals surface area contributed by atoms with E-state index in [0.717, 1.165) is 12.0 Å². The van der Waals surface area contributed by atoms with E-state index in [-0.39, 0.29) is 18.0 Å². The highest BCUT2D eigenvalue weighted by molar-refractivity contribution is 5.36. The second-order valence-electron chi connectivity index (χ2n) is 4.76. The molecule has 1 aromatic rings. The summed E-state index contributed by atoms with van der Waals surface area (Å²) in [5, 5.41) is 12.6. The van der Waals surface area contributed by atoms with Gasteiger partial charge in [0.05, 0.1) is 6.10 Å². The van der Waals surface area contributed by atoms with Crippen LogP contribution in [0, 0.1) is 11.7 Å². The highest BCUT2D eigenvalue weighted by Gasteiger charge is 2.29.